The molecule has 0 saturated heterocycles. The first-order valence-electron chi connectivity index (χ1n) is 8.37. The van der Waals surface area contributed by atoms with E-state index in [1.165, 1.54) is 17.1 Å². The van der Waals surface area contributed by atoms with Gasteiger partial charge in [0.05, 0.1) is 5.69 Å². The summed E-state index contributed by atoms with van der Waals surface area (Å²) in [5.74, 6) is 1.78. The fourth-order valence-corrected chi connectivity index (χ4v) is 3.90. The molecule has 7 heteroatoms. The first-order chi connectivity index (χ1) is 12.6. The van der Waals surface area contributed by atoms with Crippen LogP contribution >= 0.6 is 27.5 Å². The number of halogens is 1. The van der Waals surface area contributed by atoms with Crippen molar-refractivity contribution in [3.05, 3.63) is 58.3 Å². The molecule has 4 aromatic rings. The molecule has 0 bridgehead atoms. The Morgan fingerprint density at radius 2 is 1.88 bits per heavy atom. The van der Waals surface area contributed by atoms with E-state index >= 15 is 0 Å². The highest BCUT2D eigenvalue weighted by Crippen LogP contribution is 2.32. The molecule has 26 heavy (non-hydrogen) atoms. The van der Waals surface area contributed by atoms with E-state index in [1.54, 1.807) is 0 Å². The molecule has 0 aliphatic carbocycles. The number of rotatable bonds is 4. The lowest BCUT2D eigenvalue weighted by atomic mass is 10.1. The van der Waals surface area contributed by atoms with Gasteiger partial charge in [-0.3, -0.25) is 4.40 Å². The van der Waals surface area contributed by atoms with Crippen molar-refractivity contribution in [1.29, 1.82) is 0 Å². The van der Waals surface area contributed by atoms with Crippen LogP contribution < -0.4 is 4.90 Å². The molecule has 4 rings (SSSR count). The maximum atomic E-state index is 4.75. The van der Waals surface area contributed by atoms with Gasteiger partial charge in [0.15, 0.2) is 5.82 Å². The maximum Gasteiger partial charge on any atom is 0.210 e. The molecular formula is C19H18BrN5S. The number of benzene rings is 1. The van der Waals surface area contributed by atoms with Gasteiger partial charge < -0.3 is 4.90 Å². The summed E-state index contributed by atoms with van der Waals surface area (Å²) in [4.78, 5) is 11.6. The Hall–Kier alpha value is -2.25. The molecule has 0 amide bonds. The van der Waals surface area contributed by atoms with Crippen molar-refractivity contribution in [2.24, 2.45) is 0 Å². The minimum absolute atomic E-state index is 0.755. The number of fused-ring (bicyclic) bond motifs is 1. The third kappa shape index (κ3) is 3.01. The van der Waals surface area contributed by atoms with Crippen LogP contribution in [0.1, 0.15) is 18.2 Å². The van der Waals surface area contributed by atoms with Crippen molar-refractivity contribution in [2.45, 2.75) is 20.3 Å². The third-order valence-corrected chi connectivity index (χ3v) is 5.55. The van der Waals surface area contributed by atoms with Gasteiger partial charge in [-0.05, 0) is 41.4 Å². The topological polar surface area (TPSA) is 46.3 Å². The summed E-state index contributed by atoms with van der Waals surface area (Å²) in [6, 6.07) is 12.3. The smallest absolute Gasteiger partial charge is 0.210 e. The summed E-state index contributed by atoms with van der Waals surface area (Å²) < 4.78 is 7.65. The van der Waals surface area contributed by atoms with Gasteiger partial charge in [0.25, 0.3) is 0 Å². The summed E-state index contributed by atoms with van der Waals surface area (Å²) in [5.41, 5.74) is 4.22. The zero-order valence-corrected chi connectivity index (χ0v) is 17.2. The van der Waals surface area contributed by atoms with Crippen LogP contribution in [0, 0.1) is 6.92 Å². The van der Waals surface area contributed by atoms with E-state index < -0.39 is 0 Å². The fraction of sp³-hybridized carbons (Fsp3) is 0.211. The molecule has 0 aliphatic rings. The van der Waals surface area contributed by atoms with E-state index in [0.717, 1.165) is 44.6 Å². The molecule has 0 spiro atoms. The Labute approximate surface area is 164 Å². The summed E-state index contributed by atoms with van der Waals surface area (Å²) in [6.07, 6.45) is 2.89. The SMILES string of the molecule is CCc1nc2ccc(Br)cn2c1N(C)c1nc(-c2ccc(C)cc2)ns1. The lowest BCUT2D eigenvalue weighted by Crippen LogP contribution is -2.13. The Bertz CT molecular complexity index is 1070. The van der Waals surface area contributed by atoms with Crippen molar-refractivity contribution in [1.82, 2.24) is 18.7 Å². The van der Waals surface area contributed by atoms with E-state index in [1.807, 2.05) is 25.4 Å². The van der Waals surface area contributed by atoms with E-state index in [-0.39, 0.29) is 0 Å². The first kappa shape index (κ1) is 17.2. The second-order valence-electron chi connectivity index (χ2n) is 6.14. The highest BCUT2D eigenvalue weighted by atomic mass is 79.9. The van der Waals surface area contributed by atoms with E-state index in [4.69, 9.17) is 9.97 Å². The molecule has 0 atom stereocenters. The van der Waals surface area contributed by atoms with Crippen molar-refractivity contribution in [3.63, 3.8) is 0 Å². The summed E-state index contributed by atoms with van der Waals surface area (Å²) in [5, 5.41) is 0.844. The highest BCUT2D eigenvalue weighted by Gasteiger charge is 2.19. The Morgan fingerprint density at radius 1 is 1.12 bits per heavy atom. The predicted octanol–water partition coefficient (Wildman–Crippen LogP) is 5.25. The average molecular weight is 428 g/mol. The zero-order chi connectivity index (χ0) is 18.3. The normalized spacial score (nSPS) is 11.2. The summed E-state index contributed by atoms with van der Waals surface area (Å²) in [7, 11) is 2.02. The Morgan fingerprint density at radius 3 is 2.62 bits per heavy atom. The molecule has 0 unspecified atom stereocenters. The van der Waals surface area contributed by atoms with Crippen LogP contribution in [0.3, 0.4) is 0 Å². The predicted molar refractivity (Wildman–Crippen MR) is 110 cm³/mol. The van der Waals surface area contributed by atoms with E-state index in [9.17, 15) is 0 Å². The summed E-state index contributed by atoms with van der Waals surface area (Å²) >= 11 is 4.95. The molecule has 0 radical (unpaired) electrons. The number of nitrogens with zero attached hydrogens (tertiary/aromatic N) is 5. The fourth-order valence-electron chi connectivity index (χ4n) is 2.91. The molecule has 3 aromatic heterocycles. The van der Waals surface area contributed by atoms with Crippen molar-refractivity contribution in [2.75, 3.05) is 11.9 Å². The molecule has 0 fully saturated rings. The lowest BCUT2D eigenvalue weighted by Gasteiger charge is -2.16. The van der Waals surface area contributed by atoms with Crippen molar-refractivity contribution >= 4 is 44.1 Å². The van der Waals surface area contributed by atoms with Crippen LogP contribution in [0.5, 0.6) is 0 Å². The van der Waals surface area contributed by atoms with Gasteiger partial charge in [-0.2, -0.15) is 9.36 Å². The van der Waals surface area contributed by atoms with Crippen LogP contribution in [-0.4, -0.2) is 25.8 Å². The minimum atomic E-state index is 0.755. The van der Waals surface area contributed by atoms with Gasteiger partial charge in [0.1, 0.15) is 11.5 Å². The minimum Gasteiger partial charge on any atom is -0.304 e. The standard InChI is InChI=1S/C19H18BrN5S/c1-4-15-18(25-11-14(20)9-10-16(25)21-15)24(3)19-22-17(23-26-19)13-7-5-12(2)6-8-13/h5-11H,4H2,1-3H3. The Balaban J connectivity index is 1.76. The Kier molecular flexibility index (Phi) is 4.50. The second-order valence-corrected chi connectivity index (χ2v) is 7.78. The van der Waals surface area contributed by atoms with Crippen molar-refractivity contribution < 1.29 is 0 Å². The van der Waals surface area contributed by atoms with Crippen LogP contribution in [-0.2, 0) is 6.42 Å². The largest absolute Gasteiger partial charge is 0.304 e. The van der Waals surface area contributed by atoms with Crippen molar-refractivity contribution in [3.8, 4) is 11.4 Å². The number of imidazole rings is 1. The molecule has 0 N–H and O–H groups in total. The average Bonchev–Trinajstić information content (AvgIpc) is 3.26. The molecular weight excluding hydrogens is 410 g/mol. The molecule has 3 heterocycles. The van der Waals surface area contributed by atoms with Crippen LogP contribution in [0.25, 0.3) is 17.0 Å². The first-order valence-corrected chi connectivity index (χ1v) is 9.94. The maximum absolute atomic E-state index is 4.75. The van der Waals surface area contributed by atoms with Gasteiger partial charge in [-0.1, -0.05) is 36.8 Å². The quantitative estimate of drug-likeness (QED) is 0.445. The number of hydrogen-bond donors (Lipinski definition) is 0. The number of aryl methyl sites for hydroxylation is 2. The van der Waals surface area contributed by atoms with Crippen LogP contribution in [0.4, 0.5) is 10.9 Å². The van der Waals surface area contributed by atoms with E-state index in [0.29, 0.717) is 0 Å². The number of anilines is 2. The molecule has 132 valence electrons. The lowest BCUT2D eigenvalue weighted by molar-refractivity contribution is 1.01. The number of aromatic nitrogens is 4. The molecule has 5 nitrogen and oxygen atoms in total. The third-order valence-electron chi connectivity index (χ3n) is 4.29. The van der Waals surface area contributed by atoms with E-state index in [2.05, 4.69) is 67.7 Å². The van der Waals surface area contributed by atoms with Crippen LogP contribution in [0.15, 0.2) is 47.1 Å². The van der Waals surface area contributed by atoms with Crippen LogP contribution in [0.2, 0.25) is 0 Å². The van der Waals surface area contributed by atoms with Gasteiger partial charge in [-0.25, -0.2) is 4.98 Å². The second kappa shape index (κ2) is 6.81. The summed E-state index contributed by atoms with van der Waals surface area (Å²) in [6.45, 7) is 4.19. The molecule has 0 aliphatic heterocycles. The zero-order valence-electron chi connectivity index (χ0n) is 14.8. The number of hydrogen-bond acceptors (Lipinski definition) is 5. The highest BCUT2D eigenvalue weighted by molar-refractivity contribution is 9.10. The molecule has 0 saturated carbocycles. The van der Waals surface area contributed by atoms with Gasteiger partial charge in [-0.15, -0.1) is 0 Å². The van der Waals surface area contributed by atoms with Gasteiger partial charge >= 0.3 is 0 Å². The molecule has 1 aromatic carbocycles. The van der Waals surface area contributed by atoms with Gasteiger partial charge in [0.2, 0.25) is 5.13 Å². The monoisotopic (exact) mass is 427 g/mol. The van der Waals surface area contributed by atoms with Gasteiger partial charge in [0, 0.05) is 34.8 Å². The number of pyridine rings is 1.